The summed E-state index contributed by atoms with van der Waals surface area (Å²) < 4.78 is 0. The number of guanidine groups is 1. The first-order valence-electron chi connectivity index (χ1n) is 9.96. The van der Waals surface area contributed by atoms with Gasteiger partial charge in [0.2, 0.25) is 0 Å². The van der Waals surface area contributed by atoms with Crippen LogP contribution in [0.15, 0.2) is 59.7 Å². The van der Waals surface area contributed by atoms with Gasteiger partial charge in [-0.25, -0.2) is 0 Å². The number of aromatic amines is 1. The minimum absolute atomic E-state index is 0. The van der Waals surface area contributed by atoms with E-state index in [-0.39, 0.29) is 24.0 Å². The van der Waals surface area contributed by atoms with E-state index in [1.54, 1.807) is 0 Å². The van der Waals surface area contributed by atoms with Crippen LogP contribution in [0.4, 0.5) is 0 Å². The summed E-state index contributed by atoms with van der Waals surface area (Å²) in [7, 11) is 0. The minimum atomic E-state index is -0.491. The molecule has 0 aliphatic rings. The topological polar surface area (TPSA) is 72.4 Å². The zero-order valence-corrected chi connectivity index (χ0v) is 19.4. The molecule has 1 unspecified atom stereocenters. The maximum atomic E-state index is 10.3. The number of hydrogen-bond acceptors (Lipinski definition) is 2. The van der Waals surface area contributed by atoms with Crippen molar-refractivity contribution in [1.82, 2.24) is 15.6 Å². The summed E-state index contributed by atoms with van der Waals surface area (Å²) in [5, 5.41) is 18.2. The highest BCUT2D eigenvalue weighted by molar-refractivity contribution is 14.0. The van der Waals surface area contributed by atoms with Crippen molar-refractivity contribution in [3.8, 4) is 0 Å². The lowest BCUT2D eigenvalue weighted by atomic mass is 10.1. The van der Waals surface area contributed by atoms with Gasteiger partial charge < -0.3 is 20.7 Å². The minimum Gasteiger partial charge on any atom is -0.391 e. The summed E-state index contributed by atoms with van der Waals surface area (Å²) in [6.45, 7) is 6.08. The summed E-state index contributed by atoms with van der Waals surface area (Å²) in [5.74, 6) is 0.741. The van der Waals surface area contributed by atoms with Crippen LogP contribution < -0.4 is 10.6 Å². The second-order valence-corrected chi connectivity index (χ2v) is 7.10. The van der Waals surface area contributed by atoms with Crippen molar-refractivity contribution in [2.24, 2.45) is 4.99 Å². The number of hydrogen-bond donors (Lipinski definition) is 4. The van der Waals surface area contributed by atoms with E-state index in [0.717, 1.165) is 31.0 Å². The van der Waals surface area contributed by atoms with Crippen molar-refractivity contribution < 1.29 is 5.11 Å². The van der Waals surface area contributed by atoms with Crippen molar-refractivity contribution in [2.75, 3.05) is 19.6 Å². The Balaban J connectivity index is 0.00000300. The van der Waals surface area contributed by atoms with Crippen molar-refractivity contribution in [2.45, 2.75) is 32.8 Å². The Bertz CT molecular complexity index is 908. The van der Waals surface area contributed by atoms with Gasteiger partial charge in [-0.15, -0.1) is 24.0 Å². The summed E-state index contributed by atoms with van der Waals surface area (Å²) in [5.41, 5.74) is 4.86. The lowest BCUT2D eigenvalue weighted by Gasteiger charge is -2.13. The molecule has 5 nitrogen and oxygen atoms in total. The van der Waals surface area contributed by atoms with Crippen molar-refractivity contribution in [3.05, 3.63) is 71.4 Å². The highest BCUT2D eigenvalue weighted by atomic mass is 127. The van der Waals surface area contributed by atoms with Gasteiger partial charge in [0.05, 0.1) is 12.6 Å². The van der Waals surface area contributed by atoms with Crippen LogP contribution >= 0.6 is 24.0 Å². The number of halogens is 1. The van der Waals surface area contributed by atoms with Gasteiger partial charge in [0.25, 0.3) is 0 Å². The van der Waals surface area contributed by atoms with Crippen LogP contribution in [0.5, 0.6) is 0 Å². The fourth-order valence-electron chi connectivity index (χ4n) is 3.31. The molecule has 1 atom stereocenters. The predicted octanol–water partition coefficient (Wildman–Crippen LogP) is 3.80. The average Bonchev–Trinajstić information content (AvgIpc) is 3.09. The lowest BCUT2D eigenvalue weighted by Crippen LogP contribution is -2.39. The van der Waals surface area contributed by atoms with Crippen LogP contribution in [-0.4, -0.2) is 41.8 Å². The van der Waals surface area contributed by atoms with E-state index in [0.29, 0.717) is 13.0 Å². The van der Waals surface area contributed by atoms with Crippen LogP contribution in [0.1, 0.15) is 23.6 Å². The molecule has 3 aromatic rings. The summed E-state index contributed by atoms with van der Waals surface area (Å²) in [4.78, 5) is 7.89. The number of aliphatic imine (C=N–C) groups is 1. The molecule has 1 heterocycles. The van der Waals surface area contributed by atoms with Crippen LogP contribution in [-0.2, 0) is 12.8 Å². The van der Waals surface area contributed by atoms with Gasteiger partial charge in [0, 0.05) is 36.6 Å². The standard InChI is InChI=1S/C23H30N4O.HI/c1-3-24-23(27-16-20(28)14-18-7-5-4-6-8-18)25-12-11-19-15-26-22-13-17(2)9-10-21(19)22;/h4-10,13,15,20,26,28H,3,11-12,14,16H2,1-2H3,(H2,24,25,27);1H. The first-order valence-corrected chi connectivity index (χ1v) is 9.96. The summed E-state index contributed by atoms with van der Waals surface area (Å²) >= 11 is 0. The van der Waals surface area contributed by atoms with Crippen LogP contribution in [0.3, 0.4) is 0 Å². The monoisotopic (exact) mass is 506 g/mol. The molecular weight excluding hydrogens is 475 g/mol. The van der Waals surface area contributed by atoms with Gasteiger partial charge >= 0.3 is 0 Å². The number of aryl methyl sites for hydroxylation is 1. The van der Waals surface area contributed by atoms with Gasteiger partial charge in [0.1, 0.15) is 0 Å². The second-order valence-electron chi connectivity index (χ2n) is 7.10. The largest absolute Gasteiger partial charge is 0.391 e. The first-order chi connectivity index (χ1) is 13.7. The van der Waals surface area contributed by atoms with E-state index in [1.165, 1.54) is 22.0 Å². The maximum absolute atomic E-state index is 10.3. The maximum Gasteiger partial charge on any atom is 0.191 e. The first kappa shape index (κ1) is 23.2. The number of aliphatic hydroxyl groups is 1. The van der Waals surface area contributed by atoms with Gasteiger partial charge in [-0.05, 0) is 43.0 Å². The van der Waals surface area contributed by atoms with Gasteiger partial charge in [-0.2, -0.15) is 0 Å². The second kappa shape index (κ2) is 11.8. The molecule has 0 fully saturated rings. The highest BCUT2D eigenvalue weighted by Crippen LogP contribution is 2.19. The molecule has 0 aliphatic carbocycles. The molecule has 0 amide bonds. The molecule has 156 valence electrons. The van der Waals surface area contributed by atoms with Gasteiger partial charge in [-0.3, -0.25) is 4.99 Å². The molecule has 4 N–H and O–H groups in total. The van der Waals surface area contributed by atoms with Crippen LogP contribution in [0.2, 0.25) is 0 Å². The number of fused-ring (bicyclic) bond motifs is 1. The Hall–Kier alpha value is -2.06. The zero-order chi connectivity index (χ0) is 19.8. The van der Waals surface area contributed by atoms with E-state index in [2.05, 4.69) is 51.9 Å². The third-order valence-electron chi connectivity index (χ3n) is 4.73. The Morgan fingerprint density at radius 2 is 1.93 bits per heavy atom. The fourth-order valence-corrected chi connectivity index (χ4v) is 3.31. The van der Waals surface area contributed by atoms with Crippen molar-refractivity contribution >= 4 is 40.8 Å². The van der Waals surface area contributed by atoms with Crippen molar-refractivity contribution in [3.63, 3.8) is 0 Å². The van der Waals surface area contributed by atoms with E-state index in [4.69, 9.17) is 0 Å². The molecule has 3 rings (SSSR count). The predicted molar refractivity (Wildman–Crippen MR) is 132 cm³/mol. The van der Waals surface area contributed by atoms with E-state index in [9.17, 15) is 5.11 Å². The Morgan fingerprint density at radius 1 is 1.14 bits per heavy atom. The molecule has 6 heteroatoms. The number of nitrogens with zero attached hydrogens (tertiary/aromatic N) is 1. The molecular formula is C23H31IN4O. The molecule has 0 aliphatic heterocycles. The number of benzene rings is 2. The Kier molecular flexibility index (Phi) is 9.47. The highest BCUT2D eigenvalue weighted by Gasteiger charge is 2.07. The van der Waals surface area contributed by atoms with Crippen LogP contribution in [0.25, 0.3) is 10.9 Å². The summed E-state index contributed by atoms with van der Waals surface area (Å²) in [6.07, 6.45) is 3.10. The Labute approximate surface area is 190 Å². The normalized spacial score (nSPS) is 12.4. The lowest BCUT2D eigenvalue weighted by molar-refractivity contribution is 0.183. The van der Waals surface area contributed by atoms with E-state index in [1.807, 2.05) is 37.3 Å². The van der Waals surface area contributed by atoms with Gasteiger partial charge in [0.15, 0.2) is 5.96 Å². The zero-order valence-electron chi connectivity index (χ0n) is 17.1. The fraction of sp³-hybridized carbons (Fsp3) is 0.348. The molecule has 0 saturated carbocycles. The molecule has 0 spiro atoms. The van der Waals surface area contributed by atoms with Gasteiger partial charge in [-0.1, -0.05) is 42.5 Å². The van der Waals surface area contributed by atoms with Crippen molar-refractivity contribution in [1.29, 1.82) is 0 Å². The molecule has 0 radical (unpaired) electrons. The summed E-state index contributed by atoms with van der Waals surface area (Å²) in [6, 6.07) is 16.5. The number of H-pyrrole nitrogens is 1. The third-order valence-corrected chi connectivity index (χ3v) is 4.73. The number of aromatic nitrogens is 1. The van der Waals surface area contributed by atoms with E-state index < -0.39 is 6.10 Å². The smallest absolute Gasteiger partial charge is 0.191 e. The quantitative estimate of drug-likeness (QED) is 0.214. The molecule has 1 aromatic heterocycles. The Morgan fingerprint density at radius 3 is 2.69 bits per heavy atom. The number of nitrogens with one attached hydrogen (secondary N) is 3. The molecule has 0 saturated heterocycles. The average molecular weight is 506 g/mol. The third kappa shape index (κ3) is 7.04. The molecule has 0 bridgehead atoms. The number of rotatable bonds is 8. The van der Waals surface area contributed by atoms with Crippen LogP contribution in [0, 0.1) is 6.92 Å². The van der Waals surface area contributed by atoms with E-state index >= 15 is 0 Å². The number of aliphatic hydroxyl groups excluding tert-OH is 1. The SMILES string of the molecule is CCNC(=NCC(O)Cc1ccccc1)NCCc1c[nH]c2cc(C)ccc12.I. The molecule has 2 aromatic carbocycles. The molecule has 29 heavy (non-hydrogen) atoms.